The molecule has 0 saturated carbocycles. The van der Waals surface area contributed by atoms with Crippen molar-refractivity contribution in [2.45, 2.75) is 34.6 Å². The van der Waals surface area contributed by atoms with Crippen LogP contribution in [0.15, 0.2) is 42.5 Å². The third-order valence-corrected chi connectivity index (χ3v) is 5.38. The molecule has 4 heteroatoms. The number of fused-ring (bicyclic) bond motifs is 1. The fraction of sp³-hybridized carbons (Fsp3) is 0.250. The van der Waals surface area contributed by atoms with Crippen LogP contribution in [0.25, 0.3) is 33.5 Å². The summed E-state index contributed by atoms with van der Waals surface area (Å²) < 4.78 is 2.27. The van der Waals surface area contributed by atoms with E-state index in [4.69, 9.17) is 0 Å². The Hall–Kier alpha value is -3.14. The second-order valence-corrected chi connectivity index (χ2v) is 7.56. The number of aryl methyl sites for hydroxylation is 5. The fourth-order valence-corrected chi connectivity index (χ4v) is 3.86. The van der Waals surface area contributed by atoms with Gasteiger partial charge in [-0.2, -0.15) is 4.57 Å². The zero-order valence-corrected chi connectivity index (χ0v) is 17.3. The monoisotopic (exact) mass is 369 g/mol. The van der Waals surface area contributed by atoms with Crippen LogP contribution in [-0.2, 0) is 7.05 Å². The fourth-order valence-electron chi connectivity index (χ4n) is 3.86. The van der Waals surface area contributed by atoms with Crippen LogP contribution in [0.1, 0.15) is 28.3 Å². The number of nitrogens with zero attached hydrogens (tertiary/aromatic N) is 4. The summed E-state index contributed by atoms with van der Waals surface area (Å²) in [5.74, 6) is 2.21. The van der Waals surface area contributed by atoms with Gasteiger partial charge in [0.05, 0.1) is 0 Å². The Balaban J connectivity index is 1.88. The van der Waals surface area contributed by atoms with Crippen molar-refractivity contribution >= 4 is 10.9 Å². The molecule has 0 unspecified atom stereocenters. The van der Waals surface area contributed by atoms with Gasteiger partial charge in [-0.25, -0.2) is 15.0 Å². The first kappa shape index (κ1) is 18.2. The third kappa shape index (κ3) is 3.15. The second kappa shape index (κ2) is 6.79. The number of pyridine rings is 1. The first-order chi connectivity index (χ1) is 13.3. The van der Waals surface area contributed by atoms with Crippen LogP contribution in [0.2, 0.25) is 0 Å². The van der Waals surface area contributed by atoms with Crippen molar-refractivity contribution in [2.75, 3.05) is 0 Å². The molecule has 4 nitrogen and oxygen atoms in total. The van der Waals surface area contributed by atoms with E-state index in [2.05, 4.69) is 89.8 Å². The van der Waals surface area contributed by atoms with Crippen molar-refractivity contribution in [2.24, 2.45) is 7.05 Å². The Labute approximate surface area is 166 Å². The van der Waals surface area contributed by atoms with Gasteiger partial charge in [-0.3, -0.25) is 0 Å². The van der Waals surface area contributed by atoms with Gasteiger partial charge in [0.15, 0.2) is 5.82 Å². The molecule has 0 N–H and O–H groups in total. The number of hydrogen-bond donors (Lipinski definition) is 0. The molecule has 0 aliphatic rings. The van der Waals surface area contributed by atoms with Crippen LogP contribution in [0.4, 0.5) is 0 Å². The highest BCUT2D eigenvalue weighted by atomic mass is 15.0. The maximum atomic E-state index is 4.50. The molecule has 0 saturated heterocycles. The Morgan fingerprint density at radius 3 is 2.18 bits per heavy atom. The number of rotatable bonds is 2. The number of hydrogen-bond acceptors (Lipinski definition) is 3. The molecule has 0 atom stereocenters. The van der Waals surface area contributed by atoms with Gasteiger partial charge in [0.1, 0.15) is 18.7 Å². The van der Waals surface area contributed by atoms with E-state index in [1.807, 2.05) is 13.8 Å². The summed E-state index contributed by atoms with van der Waals surface area (Å²) in [6, 6.07) is 15.3. The maximum absolute atomic E-state index is 4.50. The maximum Gasteiger partial charge on any atom is 0.213 e. The van der Waals surface area contributed by atoms with Crippen molar-refractivity contribution in [3.05, 3.63) is 70.8 Å². The summed E-state index contributed by atoms with van der Waals surface area (Å²) in [5, 5.41) is 1.17. The van der Waals surface area contributed by atoms with E-state index in [-0.39, 0.29) is 0 Å². The Kier molecular flexibility index (Phi) is 4.42. The van der Waals surface area contributed by atoms with Gasteiger partial charge in [-0.05, 0) is 70.0 Å². The molecule has 0 fully saturated rings. The molecule has 0 spiro atoms. The Bertz CT molecular complexity index is 1200. The van der Waals surface area contributed by atoms with Crippen LogP contribution >= 0.6 is 0 Å². The topological polar surface area (TPSA) is 42.6 Å². The number of benzene rings is 2. The van der Waals surface area contributed by atoms with Crippen molar-refractivity contribution in [3.8, 4) is 22.6 Å². The van der Waals surface area contributed by atoms with E-state index in [1.54, 1.807) is 0 Å². The highest BCUT2D eigenvalue weighted by Gasteiger charge is 2.18. The normalized spacial score (nSPS) is 11.2. The van der Waals surface area contributed by atoms with E-state index in [1.165, 1.54) is 38.9 Å². The molecule has 28 heavy (non-hydrogen) atoms. The second-order valence-electron chi connectivity index (χ2n) is 7.56. The van der Waals surface area contributed by atoms with Gasteiger partial charge in [-0.15, -0.1) is 0 Å². The van der Waals surface area contributed by atoms with E-state index < -0.39 is 0 Å². The van der Waals surface area contributed by atoms with E-state index in [9.17, 15) is 0 Å². The lowest BCUT2D eigenvalue weighted by atomic mass is 9.96. The smallest absolute Gasteiger partial charge is 0.213 e. The molecule has 4 aromatic rings. The molecule has 2 aromatic heterocycles. The minimum absolute atomic E-state index is 0.726. The molecule has 0 radical (unpaired) electrons. The summed E-state index contributed by atoms with van der Waals surface area (Å²) in [5.41, 5.74) is 8.64. The van der Waals surface area contributed by atoms with Crippen molar-refractivity contribution < 1.29 is 4.57 Å². The molecule has 0 aliphatic carbocycles. The van der Waals surface area contributed by atoms with Crippen LogP contribution in [-0.4, -0.2) is 15.0 Å². The molecule has 0 aliphatic heterocycles. The van der Waals surface area contributed by atoms with Crippen LogP contribution in [0, 0.1) is 34.6 Å². The lowest BCUT2D eigenvalue weighted by Crippen LogP contribution is -2.32. The first-order valence-corrected chi connectivity index (χ1v) is 9.54. The quantitative estimate of drug-likeness (QED) is 0.480. The molecule has 2 aromatic carbocycles. The summed E-state index contributed by atoms with van der Waals surface area (Å²) in [6.45, 7) is 10.3. The van der Waals surface area contributed by atoms with Crippen molar-refractivity contribution in [3.63, 3.8) is 0 Å². The SMILES string of the molecule is Cc1cc(C)c(C)c(-c2ccc3cc(-c4nc(C)nc(C)n4)ccc3[n+]2C)c1. The summed E-state index contributed by atoms with van der Waals surface area (Å²) >= 11 is 0. The zero-order valence-electron chi connectivity index (χ0n) is 17.3. The van der Waals surface area contributed by atoms with Gasteiger partial charge < -0.3 is 0 Å². The minimum atomic E-state index is 0.726. The lowest BCUT2D eigenvalue weighted by molar-refractivity contribution is -0.633. The van der Waals surface area contributed by atoms with Crippen LogP contribution in [0.5, 0.6) is 0 Å². The highest BCUT2D eigenvalue weighted by molar-refractivity contribution is 5.82. The Morgan fingerprint density at radius 2 is 1.46 bits per heavy atom. The van der Waals surface area contributed by atoms with E-state index in [0.717, 1.165) is 23.0 Å². The van der Waals surface area contributed by atoms with Gasteiger partial charge in [0.2, 0.25) is 11.2 Å². The molecule has 0 bridgehead atoms. The summed E-state index contributed by atoms with van der Waals surface area (Å²) in [6.07, 6.45) is 0. The largest absolute Gasteiger partial charge is 0.219 e. The molecule has 140 valence electrons. The molecule has 0 amide bonds. The van der Waals surface area contributed by atoms with Crippen LogP contribution in [0.3, 0.4) is 0 Å². The van der Waals surface area contributed by atoms with Crippen molar-refractivity contribution in [1.29, 1.82) is 0 Å². The molecular weight excluding hydrogens is 344 g/mol. The molecule has 2 heterocycles. The Morgan fingerprint density at radius 1 is 0.750 bits per heavy atom. The van der Waals surface area contributed by atoms with Crippen molar-refractivity contribution in [1.82, 2.24) is 15.0 Å². The predicted octanol–water partition coefficient (Wildman–Crippen LogP) is 4.73. The van der Waals surface area contributed by atoms with Gasteiger partial charge in [0.25, 0.3) is 0 Å². The van der Waals surface area contributed by atoms with Gasteiger partial charge in [-0.1, -0.05) is 11.6 Å². The van der Waals surface area contributed by atoms with Gasteiger partial charge >= 0.3 is 0 Å². The van der Waals surface area contributed by atoms with Gasteiger partial charge in [0, 0.05) is 28.6 Å². The molecule has 4 rings (SSSR count). The summed E-state index contributed by atoms with van der Waals surface area (Å²) in [7, 11) is 2.13. The average Bonchev–Trinajstić information content (AvgIpc) is 2.64. The summed E-state index contributed by atoms with van der Waals surface area (Å²) in [4.78, 5) is 13.3. The van der Waals surface area contributed by atoms with E-state index >= 15 is 0 Å². The minimum Gasteiger partial charge on any atom is -0.219 e. The highest BCUT2D eigenvalue weighted by Crippen LogP contribution is 2.27. The predicted molar refractivity (Wildman–Crippen MR) is 113 cm³/mol. The van der Waals surface area contributed by atoms with E-state index in [0.29, 0.717) is 0 Å². The first-order valence-electron chi connectivity index (χ1n) is 9.54. The third-order valence-electron chi connectivity index (χ3n) is 5.38. The van der Waals surface area contributed by atoms with Crippen LogP contribution < -0.4 is 4.57 Å². The average molecular weight is 369 g/mol. The zero-order chi connectivity index (χ0) is 20.0. The lowest BCUT2D eigenvalue weighted by Gasteiger charge is -2.11. The standard InChI is InChI=1S/C24H25N4/c1-14-11-15(2)16(3)21(12-14)23-10-7-19-13-20(8-9-22(19)28(23)6)24-26-17(4)25-18(5)27-24/h7-13H,1-6H3/q+1. The number of aromatic nitrogens is 4. The molecular formula is C24H25N4+.